The van der Waals surface area contributed by atoms with E-state index < -0.39 is 22.5 Å². The molecule has 160 valence electrons. The predicted molar refractivity (Wildman–Crippen MR) is 121 cm³/mol. The van der Waals surface area contributed by atoms with Crippen molar-refractivity contribution in [2.45, 2.75) is 4.90 Å². The first-order valence-corrected chi connectivity index (χ1v) is 11.0. The number of hydrogen-bond acceptors (Lipinski definition) is 5. The van der Waals surface area contributed by atoms with Crippen molar-refractivity contribution in [3.05, 3.63) is 89.4 Å². The van der Waals surface area contributed by atoms with Crippen LogP contribution in [0, 0.1) is 0 Å². The standard InChI is InChI=1S/C22H20ClN3O4S/c1-30-20-12-10-19(11-13-20)26(31(28,29)21-8-3-2-4-9-21)16-22(27)25-24-15-17-6-5-7-18(23)14-17/h2-15H,16H2,1H3,(H,25,27)/b24-15-. The maximum atomic E-state index is 13.2. The molecule has 0 aliphatic rings. The Balaban J connectivity index is 1.83. The highest BCUT2D eigenvalue weighted by atomic mass is 35.5. The largest absolute Gasteiger partial charge is 0.497 e. The molecule has 3 aromatic carbocycles. The van der Waals surface area contributed by atoms with Gasteiger partial charge in [-0.05, 0) is 54.1 Å². The number of hydrazone groups is 1. The number of ether oxygens (including phenoxy) is 1. The molecule has 31 heavy (non-hydrogen) atoms. The summed E-state index contributed by atoms with van der Waals surface area (Å²) in [5, 5.41) is 4.42. The van der Waals surface area contributed by atoms with Gasteiger partial charge in [-0.2, -0.15) is 5.10 Å². The molecule has 9 heteroatoms. The summed E-state index contributed by atoms with van der Waals surface area (Å²) >= 11 is 5.92. The Labute approximate surface area is 186 Å². The first-order chi connectivity index (χ1) is 14.9. The molecule has 0 saturated carbocycles. The summed E-state index contributed by atoms with van der Waals surface area (Å²) in [6.45, 7) is -0.462. The molecule has 0 aromatic heterocycles. The Morgan fingerprint density at radius 2 is 1.77 bits per heavy atom. The van der Waals surface area contributed by atoms with Gasteiger partial charge in [-0.15, -0.1) is 0 Å². The summed E-state index contributed by atoms with van der Waals surface area (Å²) in [5.41, 5.74) is 3.36. The fourth-order valence-electron chi connectivity index (χ4n) is 2.71. The summed E-state index contributed by atoms with van der Waals surface area (Å²) in [7, 11) is -2.48. The second-order valence-electron chi connectivity index (χ2n) is 6.37. The van der Waals surface area contributed by atoms with Gasteiger partial charge in [0, 0.05) is 5.02 Å². The van der Waals surface area contributed by atoms with Crippen molar-refractivity contribution in [2.24, 2.45) is 5.10 Å². The fourth-order valence-corrected chi connectivity index (χ4v) is 4.36. The second-order valence-corrected chi connectivity index (χ2v) is 8.67. The average molecular weight is 458 g/mol. The van der Waals surface area contributed by atoms with Crippen LogP contribution in [0.1, 0.15) is 5.56 Å². The fraction of sp³-hybridized carbons (Fsp3) is 0.0909. The highest BCUT2D eigenvalue weighted by Gasteiger charge is 2.27. The van der Waals surface area contributed by atoms with Crippen LogP contribution < -0.4 is 14.5 Å². The van der Waals surface area contributed by atoms with Crippen LogP contribution in [0.5, 0.6) is 5.75 Å². The molecule has 1 N–H and O–H groups in total. The molecule has 7 nitrogen and oxygen atoms in total. The summed E-state index contributed by atoms with van der Waals surface area (Å²) in [6, 6.07) is 21.2. The molecule has 0 saturated heterocycles. The van der Waals surface area contributed by atoms with Gasteiger partial charge in [0.15, 0.2) is 0 Å². The van der Waals surface area contributed by atoms with Crippen LogP contribution in [0.4, 0.5) is 5.69 Å². The van der Waals surface area contributed by atoms with E-state index in [9.17, 15) is 13.2 Å². The highest BCUT2D eigenvalue weighted by Crippen LogP contribution is 2.25. The zero-order valence-electron chi connectivity index (χ0n) is 16.6. The van der Waals surface area contributed by atoms with Gasteiger partial charge >= 0.3 is 0 Å². The van der Waals surface area contributed by atoms with Gasteiger partial charge in [0.1, 0.15) is 12.3 Å². The van der Waals surface area contributed by atoms with Gasteiger partial charge in [-0.25, -0.2) is 13.8 Å². The third kappa shape index (κ3) is 5.84. The average Bonchev–Trinajstić information content (AvgIpc) is 2.78. The van der Waals surface area contributed by atoms with Crippen LogP contribution in [-0.2, 0) is 14.8 Å². The van der Waals surface area contributed by atoms with Gasteiger partial charge in [0.25, 0.3) is 15.9 Å². The van der Waals surface area contributed by atoms with Crippen molar-refractivity contribution in [1.82, 2.24) is 5.43 Å². The summed E-state index contributed by atoms with van der Waals surface area (Å²) < 4.78 is 32.6. The molecule has 0 bridgehead atoms. The highest BCUT2D eigenvalue weighted by molar-refractivity contribution is 7.92. The van der Waals surface area contributed by atoms with Gasteiger partial charge < -0.3 is 4.74 Å². The number of carbonyl (C=O) groups excluding carboxylic acids is 1. The Bertz CT molecular complexity index is 1170. The minimum absolute atomic E-state index is 0.0704. The number of methoxy groups -OCH3 is 1. The van der Waals surface area contributed by atoms with Gasteiger partial charge in [-0.1, -0.05) is 41.9 Å². The number of benzene rings is 3. The topological polar surface area (TPSA) is 88.1 Å². The molecule has 3 rings (SSSR count). The van der Waals surface area contributed by atoms with Crippen LogP contribution in [0.25, 0.3) is 0 Å². The number of rotatable bonds is 8. The van der Waals surface area contributed by atoms with Crippen LogP contribution in [0.3, 0.4) is 0 Å². The minimum Gasteiger partial charge on any atom is -0.497 e. The van der Waals surface area contributed by atoms with Gasteiger partial charge in [0.05, 0.1) is 23.9 Å². The summed E-state index contributed by atoms with van der Waals surface area (Å²) in [6.07, 6.45) is 1.42. The summed E-state index contributed by atoms with van der Waals surface area (Å²) in [5.74, 6) is -0.0371. The number of amides is 1. The Hall–Kier alpha value is -3.36. The lowest BCUT2D eigenvalue weighted by molar-refractivity contribution is -0.119. The Morgan fingerprint density at radius 3 is 2.42 bits per heavy atom. The lowest BCUT2D eigenvalue weighted by Crippen LogP contribution is -2.39. The van der Waals surface area contributed by atoms with E-state index in [2.05, 4.69) is 10.5 Å². The second kappa shape index (κ2) is 10.1. The van der Waals surface area contributed by atoms with Crippen LogP contribution in [-0.4, -0.2) is 34.2 Å². The molecule has 0 spiro atoms. The van der Waals surface area contributed by atoms with Crippen molar-refractivity contribution >= 4 is 39.4 Å². The molecule has 0 heterocycles. The molecular formula is C22H20ClN3O4S. The van der Waals surface area contributed by atoms with E-state index in [1.54, 1.807) is 66.7 Å². The monoisotopic (exact) mass is 457 g/mol. The zero-order valence-corrected chi connectivity index (χ0v) is 18.2. The van der Waals surface area contributed by atoms with Crippen molar-refractivity contribution in [2.75, 3.05) is 18.0 Å². The lowest BCUT2D eigenvalue weighted by atomic mass is 10.2. The third-order valence-electron chi connectivity index (χ3n) is 4.23. The predicted octanol–water partition coefficient (Wildman–Crippen LogP) is 3.69. The van der Waals surface area contributed by atoms with E-state index in [0.717, 1.165) is 4.31 Å². The van der Waals surface area contributed by atoms with E-state index in [4.69, 9.17) is 16.3 Å². The molecular weight excluding hydrogens is 438 g/mol. The minimum atomic E-state index is -3.99. The molecule has 0 aliphatic carbocycles. The molecule has 0 radical (unpaired) electrons. The van der Waals surface area contributed by atoms with E-state index in [0.29, 0.717) is 22.0 Å². The third-order valence-corrected chi connectivity index (χ3v) is 6.25. The maximum absolute atomic E-state index is 13.2. The zero-order chi connectivity index (χ0) is 22.3. The van der Waals surface area contributed by atoms with E-state index in [1.165, 1.54) is 25.5 Å². The number of hydrogen-bond donors (Lipinski definition) is 1. The molecule has 3 aromatic rings. The maximum Gasteiger partial charge on any atom is 0.264 e. The van der Waals surface area contributed by atoms with Crippen LogP contribution in [0.15, 0.2) is 88.9 Å². The number of carbonyl (C=O) groups is 1. The first kappa shape index (κ1) is 22.3. The van der Waals surface area contributed by atoms with Gasteiger partial charge in [0.2, 0.25) is 0 Å². The number of sulfonamides is 1. The van der Waals surface area contributed by atoms with Crippen molar-refractivity contribution < 1.29 is 17.9 Å². The first-order valence-electron chi connectivity index (χ1n) is 9.19. The molecule has 0 unspecified atom stereocenters. The van der Waals surface area contributed by atoms with Crippen LogP contribution >= 0.6 is 11.6 Å². The van der Waals surface area contributed by atoms with E-state index in [-0.39, 0.29) is 4.90 Å². The van der Waals surface area contributed by atoms with Crippen LogP contribution in [0.2, 0.25) is 5.02 Å². The molecule has 0 atom stereocenters. The Kier molecular flexibility index (Phi) is 7.28. The number of nitrogens with zero attached hydrogens (tertiary/aromatic N) is 2. The number of nitrogens with one attached hydrogen (secondary N) is 1. The van der Waals surface area contributed by atoms with Gasteiger partial charge in [-0.3, -0.25) is 9.10 Å². The number of anilines is 1. The SMILES string of the molecule is COc1ccc(N(CC(=O)N/N=C\c2cccc(Cl)c2)S(=O)(=O)c2ccccc2)cc1. The Morgan fingerprint density at radius 1 is 1.06 bits per heavy atom. The smallest absolute Gasteiger partial charge is 0.264 e. The van der Waals surface area contributed by atoms with Crippen molar-refractivity contribution in [3.8, 4) is 5.75 Å². The number of halogens is 1. The quantitative estimate of drug-likeness (QED) is 0.412. The normalized spacial score (nSPS) is 11.3. The van der Waals surface area contributed by atoms with Crippen molar-refractivity contribution in [1.29, 1.82) is 0 Å². The van der Waals surface area contributed by atoms with Crippen molar-refractivity contribution in [3.63, 3.8) is 0 Å². The van der Waals surface area contributed by atoms with E-state index in [1.807, 2.05) is 0 Å². The molecule has 0 aliphatic heterocycles. The summed E-state index contributed by atoms with van der Waals surface area (Å²) in [4.78, 5) is 12.6. The molecule has 0 fully saturated rings. The molecule has 1 amide bonds. The van der Waals surface area contributed by atoms with E-state index >= 15 is 0 Å². The lowest BCUT2D eigenvalue weighted by Gasteiger charge is -2.23.